The summed E-state index contributed by atoms with van der Waals surface area (Å²) in [6.45, 7) is 0.923. The van der Waals surface area contributed by atoms with Gasteiger partial charge in [0.25, 0.3) is 0 Å². The second-order valence-corrected chi connectivity index (χ2v) is 5.77. The van der Waals surface area contributed by atoms with E-state index < -0.39 is 0 Å². The fourth-order valence-corrected chi connectivity index (χ4v) is 2.89. The summed E-state index contributed by atoms with van der Waals surface area (Å²) in [7, 11) is 0. The molecule has 4 nitrogen and oxygen atoms in total. The Bertz CT molecular complexity index is 620. The molecule has 19 heavy (non-hydrogen) atoms. The normalized spacial score (nSPS) is 12.5. The van der Waals surface area contributed by atoms with E-state index in [1.807, 2.05) is 24.3 Å². The lowest BCUT2D eigenvalue weighted by Gasteiger charge is -2.08. The Labute approximate surface area is 127 Å². The lowest BCUT2D eigenvalue weighted by Crippen LogP contribution is -2.02. The van der Waals surface area contributed by atoms with Crippen molar-refractivity contribution < 1.29 is 9.47 Å². The number of benzene rings is 1. The van der Waals surface area contributed by atoms with Crippen LogP contribution in [0.15, 0.2) is 39.4 Å². The minimum Gasteiger partial charge on any atom is -0.454 e. The van der Waals surface area contributed by atoms with Crippen LogP contribution in [0.4, 0.5) is 5.69 Å². The highest BCUT2D eigenvalue weighted by molar-refractivity contribution is 9.11. The molecule has 2 heterocycles. The number of pyridine rings is 1. The van der Waals surface area contributed by atoms with Gasteiger partial charge in [-0.25, -0.2) is 0 Å². The first-order chi connectivity index (χ1) is 9.22. The third-order valence-corrected chi connectivity index (χ3v) is 3.84. The molecule has 0 bridgehead atoms. The number of rotatable bonds is 3. The van der Waals surface area contributed by atoms with Crippen LogP contribution < -0.4 is 14.8 Å². The highest BCUT2D eigenvalue weighted by Gasteiger charge is 2.13. The number of ether oxygens (including phenoxy) is 2. The van der Waals surface area contributed by atoms with Gasteiger partial charge in [0, 0.05) is 26.9 Å². The third kappa shape index (κ3) is 2.84. The zero-order valence-electron chi connectivity index (χ0n) is 9.82. The van der Waals surface area contributed by atoms with Crippen LogP contribution in [0, 0.1) is 0 Å². The first-order valence-corrected chi connectivity index (χ1v) is 7.24. The smallest absolute Gasteiger partial charge is 0.231 e. The molecule has 0 atom stereocenters. The van der Waals surface area contributed by atoms with Crippen molar-refractivity contribution in [2.75, 3.05) is 12.1 Å². The SMILES string of the molecule is Brc1cnc(CNc2ccc3c(c2)OCO3)c(Br)c1. The maximum atomic E-state index is 5.34. The molecule has 6 heteroatoms. The van der Waals surface area contributed by atoms with Gasteiger partial charge >= 0.3 is 0 Å². The van der Waals surface area contributed by atoms with Crippen LogP contribution in [-0.2, 0) is 6.54 Å². The molecule has 3 rings (SSSR count). The van der Waals surface area contributed by atoms with Crippen molar-refractivity contribution in [1.82, 2.24) is 4.98 Å². The molecule has 2 aromatic rings. The van der Waals surface area contributed by atoms with Crippen molar-refractivity contribution in [3.8, 4) is 11.5 Å². The van der Waals surface area contributed by atoms with Crippen LogP contribution in [-0.4, -0.2) is 11.8 Å². The number of fused-ring (bicyclic) bond motifs is 1. The molecule has 1 aliphatic rings. The topological polar surface area (TPSA) is 43.4 Å². The van der Waals surface area contributed by atoms with Gasteiger partial charge in [-0.2, -0.15) is 0 Å². The zero-order valence-corrected chi connectivity index (χ0v) is 13.0. The molecule has 1 N–H and O–H groups in total. The number of aromatic nitrogens is 1. The van der Waals surface area contributed by atoms with Gasteiger partial charge in [0.1, 0.15) is 0 Å². The molecule has 0 unspecified atom stereocenters. The largest absolute Gasteiger partial charge is 0.454 e. The minimum atomic E-state index is 0.290. The summed E-state index contributed by atoms with van der Waals surface area (Å²) in [6, 6.07) is 7.76. The second-order valence-electron chi connectivity index (χ2n) is 4.00. The fraction of sp³-hybridized carbons (Fsp3) is 0.154. The lowest BCUT2D eigenvalue weighted by molar-refractivity contribution is 0.174. The van der Waals surface area contributed by atoms with Crippen molar-refractivity contribution in [3.63, 3.8) is 0 Å². The third-order valence-electron chi connectivity index (χ3n) is 2.72. The Morgan fingerprint density at radius 1 is 1.16 bits per heavy atom. The van der Waals surface area contributed by atoms with Gasteiger partial charge in [0.2, 0.25) is 6.79 Å². The Morgan fingerprint density at radius 2 is 2.00 bits per heavy atom. The summed E-state index contributed by atoms with van der Waals surface area (Å²) in [4.78, 5) is 4.35. The van der Waals surface area contributed by atoms with E-state index in [9.17, 15) is 0 Å². The number of hydrogen-bond acceptors (Lipinski definition) is 4. The molecule has 1 aromatic carbocycles. The fourth-order valence-electron chi connectivity index (χ4n) is 1.77. The Hall–Kier alpha value is -1.27. The molecule has 0 spiro atoms. The molecule has 0 radical (unpaired) electrons. The van der Waals surface area contributed by atoms with Crippen LogP contribution >= 0.6 is 31.9 Å². The molecule has 1 aliphatic heterocycles. The van der Waals surface area contributed by atoms with Gasteiger partial charge in [-0.05, 0) is 50.1 Å². The van der Waals surface area contributed by atoms with Gasteiger partial charge in [0.15, 0.2) is 11.5 Å². The number of hydrogen-bond donors (Lipinski definition) is 1. The maximum Gasteiger partial charge on any atom is 0.231 e. The molecular weight excluding hydrogens is 376 g/mol. The molecule has 0 fully saturated rings. The Balaban J connectivity index is 1.72. The van der Waals surface area contributed by atoms with E-state index >= 15 is 0 Å². The van der Waals surface area contributed by atoms with Gasteiger partial charge < -0.3 is 14.8 Å². The predicted octanol–water partition coefficient (Wildman–Crippen LogP) is 3.95. The van der Waals surface area contributed by atoms with E-state index in [0.29, 0.717) is 13.3 Å². The van der Waals surface area contributed by atoms with Crippen molar-refractivity contribution in [2.24, 2.45) is 0 Å². The van der Waals surface area contributed by atoms with Crippen molar-refractivity contribution in [2.45, 2.75) is 6.54 Å². The molecule has 98 valence electrons. The number of halogens is 2. The standard InChI is InChI=1S/C13H10Br2N2O2/c14-8-3-10(15)11(17-5-8)6-16-9-1-2-12-13(4-9)19-7-18-12/h1-5,16H,6-7H2. The van der Waals surface area contributed by atoms with Crippen LogP contribution in [0.5, 0.6) is 11.5 Å². The summed E-state index contributed by atoms with van der Waals surface area (Å²) >= 11 is 6.88. The van der Waals surface area contributed by atoms with E-state index in [0.717, 1.165) is 31.8 Å². The molecular formula is C13H10Br2N2O2. The highest BCUT2D eigenvalue weighted by atomic mass is 79.9. The van der Waals surface area contributed by atoms with Gasteiger partial charge in [-0.3, -0.25) is 4.98 Å². The van der Waals surface area contributed by atoms with Gasteiger partial charge in [-0.15, -0.1) is 0 Å². The molecule has 1 aromatic heterocycles. The van der Waals surface area contributed by atoms with E-state index in [2.05, 4.69) is 42.2 Å². The first-order valence-electron chi connectivity index (χ1n) is 5.66. The van der Waals surface area contributed by atoms with Crippen LogP contribution in [0.25, 0.3) is 0 Å². The van der Waals surface area contributed by atoms with Gasteiger partial charge in [-0.1, -0.05) is 0 Å². The average Bonchev–Trinajstić information content (AvgIpc) is 2.85. The van der Waals surface area contributed by atoms with Crippen molar-refractivity contribution in [3.05, 3.63) is 45.1 Å². The van der Waals surface area contributed by atoms with Crippen LogP contribution in [0.2, 0.25) is 0 Å². The zero-order chi connectivity index (χ0) is 13.2. The van der Waals surface area contributed by atoms with E-state index in [4.69, 9.17) is 9.47 Å². The number of nitrogens with one attached hydrogen (secondary N) is 1. The summed E-state index contributed by atoms with van der Waals surface area (Å²) in [5.41, 5.74) is 1.92. The molecule has 0 saturated heterocycles. The van der Waals surface area contributed by atoms with Crippen LogP contribution in [0.1, 0.15) is 5.69 Å². The molecule has 0 amide bonds. The maximum absolute atomic E-state index is 5.34. The molecule has 0 saturated carbocycles. The molecule has 0 aliphatic carbocycles. The van der Waals surface area contributed by atoms with Gasteiger partial charge in [0.05, 0.1) is 12.2 Å². The summed E-state index contributed by atoms with van der Waals surface area (Å²) in [5.74, 6) is 1.56. The van der Waals surface area contributed by atoms with E-state index in [1.165, 1.54) is 0 Å². The van der Waals surface area contributed by atoms with Crippen molar-refractivity contribution >= 4 is 37.5 Å². The average molecular weight is 386 g/mol. The van der Waals surface area contributed by atoms with Crippen molar-refractivity contribution in [1.29, 1.82) is 0 Å². The Kier molecular flexibility index (Phi) is 3.61. The lowest BCUT2D eigenvalue weighted by atomic mass is 10.2. The van der Waals surface area contributed by atoms with Crippen LogP contribution in [0.3, 0.4) is 0 Å². The van der Waals surface area contributed by atoms with E-state index in [-0.39, 0.29) is 0 Å². The summed E-state index contributed by atoms with van der Waals surface area (Å²) in [6.07, 6.45) is 1.78. The number of anilines is 1. The Morgan fingerprint density at radius 3 is 2.84 bits per heavy atom. The summed E-state index contributed by atoms with van der Waals surface area (Å²) in [5, 5.41) is 3.31. The first kappa shape index (κ1) is 12.7. The quantitative estimate of drug-likeness (QED) is 0.868. The van der Waals surface area contributed by atoms with E-state index in [1.54, 1.807) is 6.20 Å². The summed E-state index contributed by atoms with van der Waals surface area (Å²) < 4.78 is 12.5. The predicted molar refractivity (Wildman–Crippen MR) is 79.5 cm³/mol. The minimum absolute atomic E-state index is 0.290. The number of nitrogens with zero attached hydrogens (tertiary/aromatic N) is 1. The monoisotopic (exact) mass is 384 g/mol. The second kappa shape index (κ2) is 5.38. The highest BCUT2D eigenvalue weighted by Crippen LogP contribution is 2.34.